The summed E-state index contributed by atoms with van der Waals surface area (Å²) in [6.45, 7) is 13.2. The number of carboxylic acid groups (broad SMARTS) is 1. The Morgan fingerprint density at radius 2 is 0.806 bits per heavy atom. The quantitative estimate of drug-likeness (QED) is 0.0716. The van der Waals surface area contributed by atoms with Gasteiger partial charge in [0.2, 0.25) is 0 Å². The van der Waals surface area contributed by atoms with Crippen LogP contribution in [-0.2, 0) is 4.79 Å². The van der Waals surface area contributed by atoms with E-state index in [4.69, 9.17) is 9.90 Å². The van der Waals surface area contributed by atoms with Crippen LogP contribution in [0.3, 0.4) is 0 Å². The molecule has 1 unspecified atom stereocenters. The molecule has 218 valence electrons. The number of quaternary nitrogens is 1. The fourth-order valence-corrected chi connectivity index (χ4v) is 5.47. The first-order chi connectivity index (χ1) is 17.4. The van der Waals surface area contributed by atoms with Gasteiger partial charge in [-0.1, -0.05) is 136 Å². The fraction of sp³-hybridized carbons (Fsp3) is 0.969. The standard InChI is InChI=1S/C30H64NO.C2H4O2/c1-5-8-9-10-11-12-13-14-15-16-17-18-19-20-21-22-23-24-25-26-29-31(27-6-2,28-7-3)30(4)32;1-2(3)4/h30,32H,5-29H2,1-4H3;1H3,(H,3,4)/q+1;/p-1. The van der Waals surface area contributed by atoms with Gasteiger partial charge in [-0.25, -0.2) is 0 Å². The second-order valence-corrected chi connectivity index (χ2v) is 11.2. The summed E-state index contributed by atoms with van der Waals surface area (Å²) < 4.78 is 0.923. The lowest BCUT2D eigenvalue weighted by Crippen LogP contribution is -2.55. The molecule has 0 amide bonds. The van der Waals surface area contributed by atoms with E-state index in [1.54, 1.807) is 0 Å². The monoisotopic (exact) mass is 514 g/mol. The van der Waals surface area contributed by atoms with Crippen molar-refractivity contribution in [2.75, 3.05) is 19.6 Å². The molecule has 0 heterocycles. The van der Waals surface area contributed by atoms with Crippen LogP contribution in [0.2, 0.25) is 0 Å². The molecule has 4 nitrogen and oxygen atoms in total. The number of carboxylic acids is 1. The molecule has 0 aromatic heterocycles. The first-order valence-corrected chi connectivity index (χ1v) is 16.1. The highest BCUT2D eigenvalue weighted by atomic mass is 16.4. The van der Waals surface area contributed by atoms with Gasteiger partial charge in [0, 0.05) is 12.9 Å². The molecule has 0 aliphatic heterocycles. The molecule has 0 spiro atoms. The van der Waals surface area contributed by atoms with Gasteiger partial charge in [-0.2, -0.15) is 0 Å². The maximum absolute atomic E-state index is 10.4. The van der Waals surface area contributed by atoms with Crippen LogP contribution in [-0.4, -0.2) is 41.4 Å². The van der Waals surface area contributed by atoms with E-state index in [-0.39, 0.29) is 6.23 Å². The molecule has 1 atom stereocenters. The summed E-state index contributed by atoms with van der Waals surface area (Å²) in [6, 6.07) is 0. The lowest BCUT2D eigenvalue weighted by atomic mass is 10.0. The molecule has 0 saturated heterocycles. The van der Waals surface area contributed by atoms with Gasteiger partial charge in [0.15, 0.2) is 6.23 Å². The zero-order chi connectivity index (χ0) is 27.3. The van der Waals surface area contributed by atoms with Crippen molar-refractivity contribution in [3.8, 4) is 0 Å². The van der Waals surface area contributed by atoms with Gasteiger partial charge in [0.05, 0.1) is 19.6 Å². The summed E-state index contributed by atoms with van der Waals surface area (Å²) in [7, 11) is 0. The summed E-state index contributed by atoms with van der Waals surface area (Å²) in [4.78, 5) is 8.89. The van der Waals surface area contributed by atoms with Crippen LogP contribution >= 0.6 is 0 Å². The summed E-state index contributed by atoms with van der Waals surface area (Å²) in [6.07, 6.45) is 30.8. The van der Waals surface area contributed by atoms with E-state index in [0.717, 1.165) is 31.0 Å². The average molecular weight is 514 g/mol. The van der Waals surface area contributed by atoms with Crippen molar-refractivity contribution in [3.05, 3.63) is 0 Å². The lowest BCUT2D eigenvalue weighted by molar-refractivity contribution is -0.969. The first kappa shape index (κ1) is 37.5. The zero-order valence-electron chi connectivity index (χ0n) is 25.5. The number of aliphatic hydroxyl groups excluding tert-OH is 1. The number of rotatable bonds is 26. The van der Waals surface area contributed by atoms with Crippen LogP contribution < -0.4 is 5.11 Å². The van der Waals surface area contributed by atoms with Crippen LogP contribution in [0, 0.1) is 0 Å². The Morgan fingerprint density at radius 3 is 1.03 bits per heavy atom. The van der Waals surface area contributed by atoms with Gasteiger partial charge in [-0.3, -0.25) is 4.48 Å². The molecule has 0 saturated carbocycles. The van der Waals surface area contributed by atoms with Crippen LogP contribution in [0.1, 0.15) is 176 Å². The molecule has 0 bridgehead atoms. The molecule has 4 heteroatoms. The number of hydrogen-bond donors (Lipinski definition) is 1. The third-order valence-corrected chi connectivity index (χ3v) is 7.59. The second-order valence-electron chi connectivity index (χ2n) is 11.2. The Labute approximate surface area is 227 Å². The van der Waals surface area contributed by atoms with Gasteiger partial charge in [-0.05, 0) is 32.6 Å². The van der Waals surface area contributed by atoms with E-state index in [0.29, 0.717) is 0 Å². The molecule has 0 aliphatic rings. The molecule has 0 aliphatic carbocycles. The first-order valence-electron chi connectivity index (χ1n) is 16.1. The predicted octanol–water partition coefficient (Wildman–Crippen LogP) is 8.54. The molecule has 0 aromatic carbocycles. The lowest BCUT2D eigenvalue weighted by Gasteiger charge is -2.41. The van der Waals surface area contributed by atoms with Crippen molar-refractivity contribution in [1.82, 2.24) is 0 Å². The van der Waals surface area contributed by atoms with Gasteiger partial charge < -0.3 is 15.0 Å². The number of hydrogen-bond acceptors (Lipinski definition) is 3. The smallest absolute Gasteiger partial charge is 0.187 e. The van der Waals surface area contributed by atoms with Crippen molar-refractivity contribution < 1.29 is 19.5 Å². The van der Waals surface area contributed by atoms with Crippen LogP contribution in [0.25, 0.3) is 0 Å². The van der Waals surface area contributed by atoms with Crippen LogP contribution in [0.4, 0.5) is 0 Å². The summed E-state index contributed by atoms with van der Waals surface area (Å²) in [5.74, 6) is -1.08. The summed E-state index contributed by atoms with van der Waals surface area (Å²) in [5.41, 5.74) is 0. The average Bonchev–Trinajstić information content (AvgIpc) is 2.82. The number of carbonyl (C=O) groups excluding carboxylic acids is 1. The second kappa shape index (κ2) is 29.0. The minimum atomic E-state index is -1.08. The zero-order valence-corrected chi connectivity index (χ0v) is 25.5. The fourth-order valence-electron chi connectivity index (χ4n) is 5.47. The minimum Gasteiger partial charge on any atom is -0.550 e. The Kier molecular flexibility index (Phi) is 30.2. The third kappa shape index (κ3) is 26.5. The molecular weight excluding hydrogens is 446 g/mol. The number of aliphatic carboxylic acids is 1. The maximum atomic E-state index is 10.4. The number of nitrogens with zero attached hydrogens (tertiary/aromatic N) is 1. The van der Waals surface area contributed by atoms with Gasteiger partial charge in [0.1, 0.15) is 0 Å². The largest absolute Gasteiger partial charge is 0.550 e. The molecule has 0 aromatic rings. The summed E-state index contributed by atoms with van der Waals surface area (Å²) >= 11 is 0. The van der Waals surface area contributed by atoms with E-state index >= 15 is 0 Å². The van der Waals surface area contributed by atoms with E-state index in [1.165, 1.54) is 141 Å². The van der Waals surface area contributed by atoms with E-state index < -0.39 is 5.97 Å². The molecular formula is C32H67NO3. The molecule has 0 fully saturated rings. The highest BCUT2D eigenvalue weighted by Crippen LogP contribution is 2.19. The Hall–Kier alpha value is -0.610. The summed E-state index contributed by atoms with van der Waals surface area (Å²) in [5, 5.41) is 19.2. The van der Waals surface area contributed by atoms with Crippen molar-refractivity contribution in [3.63, 3.8) is 0 Å². The van der Waals surface area contributed by atoms with Crippen molar-refractivity contribution in [1.29, 1.82) is 0 Å². The Morgan fingerprint density at radius 1 is 0.556 bits per heavy atom. The van der Waals surface area contributed by atoms with E-state index in [2.05, 4.69) is 20.8 Å². The van der Waals surface area contributed by atoms with Gasteiger partial charge in [0.25, 0.3) is 0 Å². The van der Waals surface area contributed by atoms with Gasteiger partial charge in [-0.15, -0.1) is 0 Å². The maximum Gasteiger partial charge on any atom is 0.187 e. The third-order valence-electron chi connectivity index (χ3n) is 7.59. The highest BCUT2D eigenvalue weighted by Gasteiger charge is 2.30. The highest BCUT2D eigenvalue weighted by molar-refractivity contribution is 5.60. The minimum absolute atomic E-state index is 0.213. The molecule has 0 rings (SSSR count). The topological polar surface area (TPSA) is 60.4 Å². The van der Waals surface area contributed by atoms with Crippen molar-refractivity contribution >= 4 is 5.97 Å². The van der Waals surface area contributed by atoms with Crippen molar-refractivity contribution in [2.24, 2.45) is 0 Å². The molecule has 36 heavy (non-hydrogen) atoms. The van der Waals surface area contributed by atoms with Crippen LogP contribution in [0.15, 0.2) is 0 Å². The van der Waals surface area contributed by atoms with Crippen molar-refractivity contribution in [2.45, 2.75) is 182 Å². The number of unbranched alkanes of at least 4 members (excludes halogenated alkanes) is 19. The SMILES string of the molecule is CC(=O)[O-].CCCCCCCCCCCCCCCCCCCCCC[N+](CCC)(CCC)C(C)O. The predicted molar refractivity (Wildman–Crippen MR) is 156 cm³/mol. The Bertz CT molecular complexity index is 429. The van der Waals surface area contributed by atoms with E-state index in [9.17, 15) is 5.11 Å². The molecule has 0 radical (unpaired) electrons. The van der Waals surface area contributed by atoms with E-state index in [1.807, 2.05) is 6.92 Å². The number of aliphatic hydroxyl groups is 1. The normalized spacial score (nSPS) is 12.3. The number of carbonyl (C=O) groups is 1. The Balaban J connectivity index is 0. The van der Waals surface area contributed by atoms with Crippen LogP contribution in [0.5, 0.6) is 0 Å². The van der Waals surface area contributed by atoms with Gasteiger partial charge >= 0.3 is 0 Å². The molecule has 1 N–H and O–H groups in total.